The van der Waals surface area contributed by atoms with Crippen LogP contribution in [0.5, 0.6) is 5.75 Å². The van der Waals surface area contributed by atoms with Gasteiger partial charge >= 0.3 is 0 Å². The summed E-state index contributed by atoms with van der Waals surface area (Å²) in [6.07, 6.45) is 4.42. The standard InChI is InChI=1S/C27H30FN5O/c1-15-21-11-19(28)6-5-16(21)9-20-12-22(33(20)4)25-24(17(13-29)7-8-27(2,3)32-25)18-10-23(34-15)26(30)31-14-18/h5-6,10-11,14-15,20,22H,7-9,12H2,1-4H3,(H2,30,31). The maximum atomic E-state index is 14.2. The lowest BCUT2D eigenvalue weighted by atomic mass is 9.80. The highest BCUT2D eigenvalue weighted by Gasteiger charge is 2.42. The fraction of sp³-hybridized carbons (Fsp3) is 0.444. The Bertz CT molecular complexity index is 1260. The predicted molar refractivity (Wildman–Crippen MR) is 131 cm³/mol. The van der Waals surface area contributed by atoms with E-state index in [2.05, 4.69) is 36.8 Å². The van der Waals surface area contributed by atoms with E-state index in [9.17, 15) is 9.65 Å². The van der Waals surface area contributed by atoms with Gasteiger partial charge in [-0.15, -0.1) is 0 Å². The fourth-order valence-corrected chi connectivity index (χ4v) is 5.39. The van der Waals surface area contributed by atoms with Crippen LogP contribution in [0, 0.1) is 17.1 Å². The van der Waals surface area contributed by atoms with Gasteiger partial charge in [-0.25, -0.2) is 9.37 Å². The molecule has 4 aliphatic rings. The number of aromatic nitrogens is 1. The Labute approximate surface area is 200 Å². The van der Waals surface area contributed by atoms with Gasteiger partial charge in [-0.3, -0.25) is 9.89 Å². The molecule has 0 radical (unpaired) electrons. The van der Waals surface area contributed by atoms with E-state index in [1.807, 2.05) is 19.1 Å². The number of hydrogen-bond donors (Lipinski definition) is 1. The summed E-state index contributed by atoms with van der Waals surface area (Å²) in [6, 6.07) is 9.59. The first-order valence-electron chi connectivity index (χ1n) is 11.8. The largest absolute Gasteiger partial charge is 0.482 e. The van der Waals surface area contributed by atoms with Crippen molar-refractivity contribution in [2.45, 2.75) is 70.2 Å². The molecule has 3 unspecified atom stereocenters. The monoisotopic (exact) mass is 459 g/mol. The summed E-state index contributed by atoms with van der Waals surface area (Å²) < 4.78 is 20.5. The van der Waals surface area contributed by atoms with Crippen molar-refractivity contribution >= 4 is 17.1 Å². The van der Waals surface area contributed by atoms with Gasteiger partial charge in [0.05, 0.1) is 23.4 Å². The molecule has 34 heavy (non-hydrogen) atoms. The molecule has 0 saturated carbocycles. The molecular weight excluding hydrogens is 429 g/mol. The van der Waals surface area contributed by atoms with Crippen LogP contribution in [0.4, 0.5) is 10.2 Å². The third-order valence-electron chi connectivity index (χ3n) is 7.46. The van der Waals surface area contributed by atoms with Gasteiger partial charge in [-0.05, 0) is 82.8 Å². The number of anilines is 1. The summed E-state index contributed by atoms with van der Waals surface area (Å²) in [5.41, 5.74) is 11.1. The maximum Gasteiger partial charge on any atom is 0.166 e. The molecule has 1 fully saturated rings. The molecule has 0 aliphatic carbocycles. The zero-order valence-corrected chi connectivity index (χ0v) is 20.1. The van der Waals surface area contributed by atoms with Gasteiger partial charge in [-0.1, -0.05) is 6.07 Å². The van der Waals surface area contributed by atoms with Gasteiger partial charge in [0.25, 0.3) is 0 Å². The number of nitriles is 1. The first kappa shape index (κ1) is 22.5. The van der Waals surface area contributed by atoms with Crippen molar-refractivity contribution < 1.29 is 9.13 Å². The summed E-state index contributed by atoms with van der Waals surface area (Å²) in [5, 5.41) is 10.1. The number of aliphatic imine (C=N–C) groups is 1. The molecule has 0 amide bonds. The van der Waals surface area contributed by atoms with Crippen molar-refractivity contribution in [2.75, 3.05) is 12.8 Å². The van der Waals surface area contributed by atoms with Crippen LogP contribution in [-0.2, 0) is 6.42 Å². The van der Waals surface area contributed by atoms with E-state index in [4.69, 9.17) is 15.5 Å². The van der Waals surface area contributed by atoms with Gasteiger partial charge in [0.2, 0.25) is 0 Å². The van der Waals surface area contributed by atoms with Crippen LogP contribution in [0.2, 0.25) is 0 Å². The molecule has 6 nitrogen and oxygen atoms in total. The molecule has 5 heterocycles. The number of halogens is 1. The third-order valence-corrected chi connectivity index (χ3v) is 7.46. The van der Waals surface area contributed by atoms with E-state index in [1.54, 1.807) is 12.3 Å². The number of fused-ring (bicyclic) bond motifs is 1. The van der Waals surface area contributed by atoms with Gasteiger partial charge in [0.1, 0.15) is 11.9 Å². The van der Waals surface area contributed by atoms with E-state index < -0.39 is 6.10 Å². The third kappa shape index (κ3) is 3.86. The molecule has 4 bridgehead atoms. The van der Waals surface area contributed by atoms with Crippen molar-refractivity contribution in [3.63, 3.8) is 0 Å². The van der Waals surface area contributed by atoms with Crippen LogP contribution in [0.25, 0.3) is 5.57 Å². The molecule has 4 aliphatic heterocycles. The predicted octanol–water partition coefficient (Wildman–Crippen LogP) is 4.86. The van der Waals surface area contributed by atoms with Crippen LogP contribution < -0.4 is 10.5 Å². The quantitative estimate of drug-likeness (QED) is 0.608. The lowest BCUT2D eigenvalue weighted by Gasteiger charge is -2.48. The van der Waals surface area contributed by atoms with E-state index in [0.717, 1.165) is 47.2 Å². The zero-order valence-electron chi connectivity index (χ0n) is 20.1. The maximum absolute atomic E-state index is 14.2. The van der Waals surface area contributed by atoms with Crippen molar-refractivity contribution in [3.05, 3.63) is 58.5 Å². The Balaban J connectivity index is 1.73. The topological polar surface area (TPSA) is 87.5 Å². The number of likely N-dealkylation sites (N-methyl/N-ethyl adjacent to an activating group) is 1. The summed E-state index contributed by atoms with van der Waals surface area (Å²) in [5.74, 6) is 0.394. The second-order valence-electron chi connectivity index (χ2n) is 10.3. The van der Waals surface area contributed by atoms with E-state index in [0.29, 0.717) is 17.7 Å². The Morgan fingerprint density at radius 2 is 2.09 bits per heavy atom. The number of nitrogens with two attached hydrogens (primary N) is 1. The Kier molecular flexibility index (Phi) is 5.44. The number of benzene rings is 1. The molecule has 2 aromatic rings. The summed E-state index contributed by atoms with van der Waals surface area (Å²) in [6.45, 7) is 6.15. The SMILES string of the molecule is CC1Oc2cc(cnc2N)C2=C(C#N)CCC(C)(C)N=C2C2CC(Cc3ccc(F)cc31)N2C. The minimum Gasteiger partial charge on any atom is -0.482 e. The van der Waals surface area contributed by atoms with Crippen molar-refractivity contribution in [1.82, 2.24) is 9.88 Å². The second kappa shape index (κ2) is 8.21. The van der Waals surface area contributed by atoms with Crippen LogP contribution in [0.15, 0.2) is 41.0 Å². The Hall–Kier alpha value is -3.24. The Morgan fingerprint density at radius 1 is 1.29 bits per heavy atom. The lowest BCUT2D eigenvalue weighted by Crippen LogP contribution is -2.58. The Morgan fingerprint density at radius 3 is 2.82 bits per heavy atom. The first-order chi connectivity index (χ1) is 16.2. The van der Waals surface area contributed by atoms with Gasteiger partial charge in [-0.2, -0.15) is 5.26 Å². The van der Waals surface area contributed by atoms with Crippen molar-refractivity contribution in [1.29, 1.82) is 5.26 Å². The van der Waals surface area contributed by atoms with E-state index in [-0.39, 0.29) is 29.3 Å². The average molecular weight is 460 g/mol. The minimum absolute atomic E-state index is 0.0877. The molecule has 0 spiro atoms. The normalized spacial score (nSPS) is 26.1. The van der Waals surface area contributed by atoms with Gasteiger partial charge in [0.15, 0.2) is 11.6 Å². The smallest absolute Gasteiger partial charge is 0.166 e. The summed E-state index contributed by atoms with van der Waals surface area (Å²) >= 11 is 0. The van der Waals surface area contributed by atoms with Crippen molar-refractivity contribution in [2.24, 2.45) is 4.99 Å². The van der Waals surface area contributed by atoms with Crippen LogP contribution in [0.3, 0.4) is 0 Å². The van der Waals surface area contributed by atoms with Gasteiger partial charge < -0.3 is 10.5 Å². The molecular formula is C27H30FN5O. The average Bonchev–Trinajstić information content (AvgIpc) is 2.92. The first-order valence-corrected chi connectivity index (χ1v) is 11.8. The highest BCUT2D eigenvalue weighted by molar-refractivity contribution is 6.28. The number of ether oxygens (including phenoxy) is 1. The fourth-order valence-electron chi connectivity index (χ4n) is 5.39. The number of nitrogens with zero attached hydrogens (tertiary/aromatic N) is 4. The summed E-state index contributed by atoms with van der Waals surface area (Å²) in [7, 11) is 2.11. The molecule has 6 rings (SSSR count). The molecule has 3 atom stereocenters. The number of allylic oxidation sites excluding steroid dienone is 1. The lowest BCUT2D eigenvalue weighted by molar-refractivity contribution is 0.0874. The molecule has 1 aromatic heterocycles. The summed E-state index contributed by atoms with van der Waals surface area (Å²) in [4.78, 5) is 12.0. The highest BCUT2D eigenvalue weighted by Crippen LogP contribution is 2.41. The molecule has 2 N–H and O–H groups in total. The zero-order chi connectivity index (χ0) is 24.2. The number of hydrogen-bond acceptors (Lipinski definition) is 6. The van der Waals surface area contributed by atoms with Crippen LogP contribution >= 0.6 is 0 Å². The highest BCUT2D eigenvalue weighted by atomic mass is 19.1. The molecule has 1 saturated heterocycles. The second-order valence-corrected chi connectivity index (χ2v) is 10.3. The van der Waals surface area contributed by atoms with Crippen LogP contribution in [-0.4, -0.2) is 40.3 Å². The van der Waals surface area contributed by atoms with E-state index in [1.165, 1.54) is 6.07 Å². The molecule has 1 aromatic carbocycles. The number of pyridine rings is 1. The van der Waals surface area contributed by atoms with E-state index >= 15 is 0 Å². The molecule has 176 valence electrons. The van der Waals surface area contributed by atoms with Crippen LogP contribution in [0.1, 0.15) is 62.8 Å². The number of rotatable bonds is 0. The van der Waals surface area contributed by atoms with Gasteiger partial charge in [0, 0.05) is 28.9 Å². The van der Waals surface area contributed by atoms with Crippen molar-refractivity contribution in [3.8, 4) is 11.8 Å². The number of nitrogen functional groups attached to an aromatic ring is 1. The molecule has 7 heteroatoms. The minimum atomic E-state index is -0.419.